The lowest BCUT2D eigenvalue weighted by Crippen LogP contribution is -2.47. The van der Waals surface area contributed by atoms with Gasteiger partial charge in [0.2, 0.25) is 11.8 Å². The van der Waals surface area contributed by atoms with Gasteiger partial charge in [-0.25, -0.2) is 0 Å². The summed E-state index contributed by atoms with van der Waals surface area (Å²) in [5, 5.41) is 12.2. The van der Waals surface area contributed by atoms with Gasteiger partial charge in [-0.05, 0) is 39.8 Å². The lowest BCUT2D eigenvalue weighted by molar-refractivity contribution is -0.132. The van der Waals surface area contributed by atoms with Crippen LogP contribution in [0.4, 0.5) is 0 Å². The van der Waals surface area contributed by atoms with Gasteiger partial charge in [-0.3, -0.25) is 14.2 Å². The number of rotatable bonds is 6. The molecule has 0 spiro atoms. The van der Waals surface area contributed by atoms with E-state index in [0.717, 1.165) is 0 Å². The lowest BCUT2D eigenvalue weighted by Gasteiger charge is -2.23. The van der Waals surface area contributed by atoms with Crippen LogP contribution in [0.1, 0.15) is 42.5 Å². The van der Waals surface area contributed by atoms with Crippen molar-refractivity contribution in [2.45, 2.75) is 33.7 Å². The fourth-order valence-electron chi connectivity index (χ4n) is 2.70. The maximum Gasteiger partial charge on any atom is 0.256 e. The molecule has 1 N–H and O–H groups in total. The zero-order valence-electron chi connectivity index (χ0n) is 14.9. The highest BCUT2D eigenvalue weighted by atomic mass is 16.4. The van der Waals surface area contributed by atoms with Gasteiger partial charge in [-0.15, -0.1) is 0 Å². The van der Waals surface area contributed by atoms with E-state index in [1.54, 1.807) is 47.8 Å². The van der Waals surface area contributed by atoms with Crippen LogP contribution in [0, 0.1) is 18.3 Å². The minimum absolute atomic E-state index is 0.147. The molecule has 0 aliphatic rings. The molecule has 0 bridgehead atoms. The average molecular weight is 342 g/mol. The summed E-state index contributed by atoms with van der Waals surface area (Å²) < 4.78 is 7.25. The highest BCUT2D eigenvalue weighted by molar-refractivity contribution is 6.00. The molecule has 132 valence electrons. The molecule has 2 amide bonds. The van der Waals surface area contributed by atoms with Crippen LogP contribution in [-0.2, 0) is 4.79 Å². The van der Waals surface area contributed by atoms with Crippen molar-refractivity contribution in [1.82, 2.24) is 14.8 Å². The highest BCUT2D eigenvalue weighted by Crippen LogP contribution is 2.25. The molecule has 1 unspecified atom stereocenters. The van der Waals surface area contributed by atoms with Gasteiger partial charge >= 0.3 is 0 Å². The number of carbonyl (C=O) groups excluding carboxylic acids is 2. The van der Waals surface area contributed by atoms with Gasteiger partial charge < -0.3 is 14.6 Å². The first-order valence-corrected chi connectivity index (χ1v) is 8.21. The fourth-order valence-corrected chi connectivity index (χ4v) is 2.70. The Labute approximate surface area is 146 Å². The standard InChI is InChI=1S/C18H22N4O3/c1-5-21(6-2)17(24)12(3)20-16(23)15-13(4)25-18(14(15)11-19)22-9-7-8-10-22/h7-10,12H,5-6H2,1-4H3,(H,20,23). The summed E-state index contributed by atoms with van der Waals surface area (Å²) >= 11 is 0. The van der Waals surface area contributed by atoms with E-state index in [0.29, 0.717) is 18.8 Å². The molecule has 2 aromatic heterocycles. The van der Waals surface area contributed by atoms with E-state index < -0.39 is 11.9 Å². The Hall–Kier alpha value is -3.01. The quantitative estimate of drug-likeness (QED) is 0.871. The summed E-state index contributed by atoms with van der Waals surface area (Å²) in [6.07, 6.45) is 3.46. The second-order valence-corrected chi connectivity index (χ2v) is 5.62. The maximum absolute atomic E-state index is 12.6. The van der Waals surface area contributed by atoms with Crippen molar-refractivity contribution in [2.75, 3.05) is 13.1 Å². The minimum atomic E-state index is -0.691. The molecule has 0 aliphatic heterocycles. The molecule has 7 heteroatoms. The maximum atomic E-state index is 12.6. The molecule has 2 rings (SSSR count). The van der Waals surface area contributed by atoms with Crippen molar-refractivity contribution in [3.63, 3.8) is 0 Å². The van der Waals surface area contributed by atoms with Crippen molar-refractivity contribution < 1.29 is 14.0 Å². The number of carbonyl (C=O) groups is 2. The average Bonchev–Trinajstić information content (AvgIpc) is 3.22. The van der Waals surface area contributed by atoms with Crippen molar-refractivity contribution in [2.24, 2.45) is 0 Å². The number of likely N-dealkylation sites (N-methyl/N-ethyl adjacent to an activating group) is 1. The van der Waals surface area contributed by atoms with Crippen molar-refractivity contribution in [1.29, 1.82) is 5.26 Å². The molecule has 0 aliphatic carbocycles. The monoisotopic (exact) mass is 342 g/mol. The Kier molecular flexibility index (Phi) is 5.65. The number of nitrogens with one attached hydrogen (secondary N) is 1. The van der Waals surface area contributed by atoms with Gasteiger partial charge in [-0.2, -0.15) is 5.26 Å². The van der Waals surface area contributed by atoms with Crippen molar-refractivity contribution >= 4 is 11.8 Å². The molecule has 25 heavy (non-hydrogen) atoms. The summed E-state index contributed by atoms with van der Waals surface area (Å²) in [4.78, 5) is 26.6. The van der Waals surface area contributed by atoms with E-state index >= 15 is 0 Å². The number of nitrogens with zero attached hydrogens (tertiary/aromatic N) is 3. The van der Waals surface area contributed by atoms with Gasteiger partial charge in [-0.1, -0.05) is 0 Å². The fraction of sp³-hybridized carbons (Fsp3) is 0.389. The molecular weight excluding hydrogens is 320 g/mol. The van der Waals surface area contributed by atoms with E-state index in [-0.39, 0.29) is 22.9 Å². The Morgan fingerprint density at radius 3 is 2.44 bits per heavy atom. The number of aromatic nitrogens is 1. The van der Waals surface area contributed by atoms with Gasteiger partial charge in [0, 0.05) is 25.5 Å². The van der Waals surface area contributed by atoms with Crippen molar-refractivity contribution in [3.05, 3.63) is 41.4 Å². The zero-order valence-corrected chi connectivity index (χ0v) is 14.9. The molecular formula is C18H22N4O3. The summed E-state index contributed by atoms with van der Waals surface area (Å²) in [6.45, 7) is 8.16. The Morgan fingerprint density at radius 1 is 1.32 bits per heavy atom. The smallest absolute Gasteiger partial charge is 0.256 e. The number of hydrogen-bond acceptors (Lipinski definition) is 4. The molecule has 2 aromatic rings. The lowest BCUT2D eigenvalue weighted by atomic mass is 10.1. The van der Waals surface area contributed by atoms with Gasteiger partial charge in [0.25, 0.3) is 5.91 Å². The first-order valence-electron chi connectivity index (χ1n) is 8.21. The second-order valence-electron chi connectivity index (χ2n) is 5.62. The SMILES string of the molecule is CCN(CC)C(=O)C(C)NC(=O)c1c(C)oc(-n2cccc2)c1C#N. The van der Waals surface area contributed by atoms with Crippen LogP contribution in [0.2, 0.25) is 0 Å². The third kappa shape index (κ3) is 3.58. The topological polar surface area (TPSA) is 91.3 Å². The van der Waals surface area contributed by atoms with E-state index in [4.69, 9.17) is 4.42 Å². The summed E-state index contributed by atoms with van der Waals surface area (Å²) in [7, 11) is 0. The Morgan fingerprint density at radius 2 is 1.92 bits per heavy atom. The third-order valence-electron chi connectivity index (χ3n) is 4.04. The minimum Gasteiger partial charge on any atom is -0.443 e. The van der Waals surface area contributed by atoms with Crippen LogP contribution >= 0.6 is 0 Å². The van der Waals surface area contributed by atoms with E-state index in [2.05, 4.69) is 5.32 Å². The van der Waals surface area contributed by atoms with E-state index in [1.807, 2.05) is 19.9 Å². The largest absolute Gasteiger partial charge is 0.443 e. The summed E-state index contributed by atoms with van der Waals surface area (Å²) in [5.41, 5.74) is 0.305. The molecule has 7 nitrogen and oxygen atoms in total. The Balaban J connectivity index is 2.28. The molecule has 2 heterocycles. The number of hydrogen-bond donors (Lipinski definition) is 1. The van der Waals surface area contributed by atoms with E-state index in [1.165, 1.54) is 0 Å². The molecule has 0 saturated heterocycles. The first-order chi connectivity index (χ1) is 11.9. The molecule has 0 radical (unpaired) electrons. The number of amides is 2. The van der Waals surface area contributed by atoms with Crippen molar-refractivity contribution in [3.8, 4) is 12.0 Å². The van der Waals surface area contributed by atoms with E-state index in [9.17, 15) is 14.9 Å². The predicted octanol–water partition coefficient (Wildman–Crippen LogP) is 2.24. The van der Waals surface area contributed by atoms with Crippen LogP contribution in [0.5, 0.6) is 0 Å². The normalized spacial score (nSPS) is 11.6. The first kappa shape index (κ1) is 18.3. The number of aryl methyl sites for hydroxylation is 1. The molecule has 0 aromatic carbocycles. The predicted molar refractivity (Wildman–Crippen MR) is 92.3 cm³/mol. The summed E-state index contributed by atoms with van der Waals surface area (Å²) in [5.74, 6) is -0.0361. The number of nitriles is 1. The zero-order chi connectivity index (χ0) is 18.6. The Bertz CT molecular complexity index is 795. The van der Waals surface area contributed by atoms with Crippen LogP contribution in [0.3, 0.4) is 0 Å². The van der Waals surface area contributed by atoms with Crippen LogP contribution in [0.15, 0.2) is 28.9 Å². The second kappa shape index (κ2) is 7.71. The van der Waals surface area contributed by atoms with Gasteiger partial charge in [0.1, 0.15) is 29.0 Å². The van der Waals surface area contributed by atoms with Gasteiger partial charge in [0.05, 0.1) is 0 Å². The molecule has 1 atom stereocenters. The molecule has 0 saturated carbocycles. The van der Waals surface area contributed by atoms with Crippen LogP contribution in [-0.4, -0.2) is 40.4 Å². The number of furan rings is 1. The summed E-state index contributed by atoms with van der Waals surface area (Å²) in [6, 6.07) is 4.93. The van der Waals surface area contributed by atoms with Gasteiger partial charge in [0.15, 0.2) is 0 Å². The molecule has 0 fully saturated rings. The van der Waals surface area contributed by atoms with Crippen LogP contribution < -0.4 is 5.32 Å². The van der Waals surface area contributed by atoms with Crippen LogP contribution in [0.25, 0.3) is 5.88 Å². The third-order valence-corrected chi connectivity index (χ3v) is 4.04. The highest BCUT2D eigenvalue weighted by Gasteiger charge is 2.27.